The Balaban J connectivity index is 1.56. The molecule has 0 radical (unpaired) electrons. The zero-order valence-corrected chi connectivity index (χ0v) is 19.6. The molecule has 2 aromatic rings. The topological polar surface area (TPSA) is 96.0 Å². The normalized spacial score (nSPS) is 29.6. The molecule has 1 N–H and O–H groups in total. The Bertz CT molecular complexity index is 1320. The van der Waals surface area contributed by atoms with E-state index in [1.54, 1.807) is 6.92 Å². The molecule has 0 aliphatic carbocycles. The van der Waals surface area contributed by atoms with Gasteiger partial charge in [-0.25, -0.2) is 14.1 Å². The van der Waals surface area contributed by atoms with E-state index in [4.69, 9.17) is 4.74 Å². The average Bonchev–Trinajstić information content (AvgIpc) is 3.56. The molecule has 4 atom stereocenters. The van der Waals surface area contributed by atoms with Crippen molar-refractivity contribution >= 4 is 45.7 Å². The number of amides is 3. The van der Waals surface area contributed by atoms with Crippen LogP contribution < -0.4 is 10.2 Å². The number of aryl methyl sites for hydroxylation is 1. The third kappa shape index (κ3) is 2.35. The lowest BCUT2D eigenvalue weighted by atomic mass is 9.75. The van der Waals surface area contributed by atoms with Gasteiger partial charge in [0.15, 0.2) is 0 Å². The highest BCUT2D eigenvalue weighted by Gasteiger charge is 2.75. The van der Waals surface area contributed by atoms with Gasteiger partial charge in [0.1, 0.15) is 16.4 Å². The Morgan fingerprint density at radius 1 is 1.24 bits per heavy atom. The van der Waals surface area contributed by atoms with Crippen molar-refractivity contribution in [3.63, 3.8) is 0 Å². The van der Waals surface area contributed by atoms with Crippen molar-refractivity contribution in [1.29, 1.82) is 0 Å². The van der Waals surface area contributed by atoms with Crippen LogP contribution >= 0.6 is 11.3 Å². The van der Waals surface area contributed by atoms with E-state index in [2.05, 4.69) is 5.32 Å². The summed E-state index contributed by atoms with van der Waals surface area (Å²) in [6.07, 6.45) is 1.42. The van der Waals surface area contributed by atoms with Gasteiger partial charge >= 0.3 is 5.97 Å². The molecule has 3 saturated heterocycles. The van der Waals surface area contributed by atoms with E-state index < -0.39 is 46.9 Å². The van der Waals surface area contributed by atoms with E-state index in [0.717, 1.165) is 16.2 Å². The monoisotopic (exact) mass is 483 g/mol. The number of rotatable bonds is 2. The minimum atomic E-state index is -1.46. The number of hydrogen-bond acceptors (Lipinski definition) is 7. The van der Waals surface area contributed by atoms with Crippen LogP contribution in [0.3, 0.4) is 0 Å². The first-order chi connectivity index (χ1) is 16.2. The van der Waals surface area contributed by atoms with E-state index >= 15 is 0 Å². The number of ether oxygens (including phenoxy) is 1. The Hall–Kier alpha value is -3.11. The second-order valence-corrected chi connectivity index (χ2v) is 10.5. The van der Waals surface area contributed by atoms with Crippen molar-refractivity contribution in [3.05, 3.63) is 45.6 Å². The number of carbonyl (C=O) groups excluding carboxylic acids is 4. The largest absolute Gasteiger partial charge is 0.465 e. The summed E-state index contributed by atoms with van der Waals surface area (Å²) >= 11 is 1.18. The fourth-order valence-corrected chi connectivity index (χ4v) is 7.64. The molecule has 1 spiro atoms. The summed E-state index contributed by atoms with van der Waals surface area (Å²) < 4.78 is 19.3. The lowest BCUT2D eigenvalue weighted by Gasteiger charge is -2.36. The Kier molecular flexibility index (Phi) is 4.38. The zero-order valence-electron chi connectivity index (χ0n) is 18.8. The van der Waals surface area contributed by atoms with Crippen molar-refractivity contribution in [2.24, 2.45) is 11.8 Å². The molecule has 34 heavy (non-hydrogen) atoms. The summed E-state index contributed by atoms with van der Waals surface area (Å²) in [5.74, 6) is -4.29. The number of anilines is 2. The highest BCUT2D eigenvalue weighted by molar-refractivity contribution is 7.17. The number of esters is 1. The van der Waals surface area contributed by atoms with E-state index in [0.29, 0.717) is 29.8 Å². The summed E-state index contributed by atoms with van der Waals surface area (Å²) in [5.41, 5.74) is 0.220. The van der Waals surface area contributed by atoms with Crippen LogP contribution in [0.25, 0.3) is 0 Å². The van der Waals surface area contributed by atoms with Crippen LogP contribution in [-0.2, 0) is 24.7 Å². The first kappa shape index (κ1) is 21.4. The van der Waals surface area contributed by atoms with Crippen LogP contribution in [0.15, 0.2) is 18.2 Å². The van der Waals surface area contributed by atoms with E-state index in [1.807, 2.05) is 11.8 Å². The number of carbonyl (C=O) groups is 4. The lowest BCUT2D eigenvalue weighted by molar-refractivity contribution is -0.135. The van der Waals surface area contributed by atoms with Crippen LogP contribution in [0.5, 0.6) is 0 Å². The molecule has 1 aromatic carbocycles. The Morgan fingerprint density at radius 3 is 2.74 bits per heavy atom. The zero-order chi connectivity index (χ0) is 24.1. The molecule has 5 heterocycles. The first-order valence-electron chi connectivity index (χ1n) is 11.2. The number of thiophene rings is 1. The Labute approximate surface area is 198 Å². The van der Waals surface area contributed by atoms with Gasteiger partial charge in [-0.15, -0.1) is 11.3 Å². The van der Waals surface area contributed by atoms with Gasteiger partial charge in [0.05, 0.1) is 24.5 Å². The fourth-order valence-electron chi connectivity index (χ4n) is 6.48. The minimum absolute atomic E-state index is 0.186. The predicted octanol–water partition coefficient (Wildman–Crippen LogP) is 2.72. The molecule has 4 aliphatic heterocycles. The van der Waals surface area contributed by atoms with Gasteiger partial charge in [0.25, 0.3) is 0 Å². The smallest absolute Gasteiger partial charge is 0.341 e. The second kappa shape index (κ2) is 6.96. The Morgan fingerprint density at radius 2 is 2.00 bits per heavy atom. The molecular weight excluding hydrogens is 461 g/mol. The molecule has 0 bridgehead atoms. The molecule has 6 rings (SSSR count). The quantitative estimate of drug-likeness (QED) is 0.521. The van der Waals surface area contributed by atoms with Crippen molar-refractivity contribution in [3.8, 4) is 0 Å². The molecule has 3 fully saturated rings. The van der Waals surface area contributed by atoms with E-state index in [-0.39, 0.29) is 16.6 Å². The van der Waals surface area contributed by atoms with E-state index in [9.17, 15) is 23.6 Å². The number of imide groups is 1. The fraction of sp³-hybridized carbons (Fsp3) is 0.417. The van der Waals surface area contributed by atoms with Crippen LogP contribution in [0, 0.1) is 31.5 Å². The van der Waals surface area contributed by atoms with Gasteiger partial charge in [-0.3, -0.25) is 19.3 Å². The summed E-state index contributed by atoms with van der Waals surface area (Å²) in [5, 5.41) is 3.05. The number of halogens is 1. The molecular formula is C24H22FN3O5S. The van der Waals surface area contributed by atoms with Gasteiger partial charge < -0.3 is 10.1 Å². The number of nitrogens with one attached hydrogen (secondary N) is 1. The first-order valence-corrected chi connectivity index (χ1v) is 12.0. The SMILES string of the molecule is COC(=O)c1c(N2C(=O)[C@@H]3[C@@H]4CCCN4[C@@]4(C(=O)Nc5ccc(F)cc54)[C@H]3C2=O)sc(C)c1C. The average molecular weight is 484 g/mol. The number of benzene rings is 1. The molecule has 8 nitrogen and oxygen atoms in total. The maximum atomic E-state index is 14.4. The standard InChI is InChI=1S/C24H22FN3O5S/c1-10-11(2)34-21(16(10)22(31)33-3)28-19(29)17-15-5-4-8-27(15)24(18(17)20(28)30)13-9-12(25)6-7-14(13)26-23(24)32/h6-7,9,15,17-18H,4-5,8H2,1-3H3,(H,26,32)/t15-,17+,18+,24+/m0/s1. The summed E-state index contributed by atoms with van der Waals surface area (Å²) in [4.78, 5) is 57.9. The number of methoxy groups -OCH3 is 1. The van der Waals surface area contributed by atoms with Crippen molar-refractivity contribution in [2.45, 2.75) is 38.3 Å². The second-order valence-electron chi connectivity index (χ2n) is 9.28. The molecule has 0 unspecified atom stereocenters. The third-order valence-corrected chi connectivity index (χ3v) is 9.11. The van der Waals surface area contributed by atoms with Crippen LogP contribution in [-0.4, -0.2) is 48.3 Å². The minimum Gasteiger partial charge on any atom is -0.465 e. The lowest BCUT2D eigenvalue weighted by Crippen LogP contribution is -2.54. The van der Waals surface area contributed by atoms with Gasteiger partial charge in [-0.05, 0) is 57.0 Å². The van der Waals surface area contributed by atoms with Crippen LogP contribution in [0.2, 0.25) is 0 Å². The maximum absolute atomic E-state index is 14.4. The number of hydrogen-bond donors (Lipinski definition) is 1. The van der Waals surface area contributed by atoms with Crippen LogP contribution in [0.1, 0.15) is 39.2 Å². The van der Waals surface area contributed by atoms with Gasteiger partial charge in [-0.2, -0.15) is 0 Å². The summed E-state index contributed by atoms with van der Waals surface area (Å²) in [6.45, 7) is 4.09. The highest BCUT2D eigenvalue weighted by Crippen LogP contribution is 2.61. The summed E-state index contributed by atoms with van der Waals surface area (Å²) in [6, 6.07) is 3.73. The molecule has 0 saturated carbocycles. The van der Waals surface area contributed by atoms with Crippen molar-refractivity contribution < 1.29 is 28.3 Å². The number of nitrogens with zero attached hydrogens (tertiary/aromatic N) is 2. The van der Waals surface area contributed by atoms with Gasteiger partial charge in [0, 0.05) is 22.2 Å². The molecule has 4 aliphatic rings. The molecule has 3 amide bonds. The van der Waals surface area contributed by atoms with Crippen molar-refractivity contribution in [1.82, 2.24) is 4.90 Å². The highest BCUT2D eigenvalue weighted by atomic mass is 32.1. The third-order valence-electron chi connectivity index (χ3n) is 7.91. The molecule has 1 aromatic heterocycles. The van der Waals surface area contributed by atoms with Crippen LogP contribution in [0.4, 0.5) is 15.1 Å². The van der Waals surface area contributed by atoms with E-state index in [1.165, 1.54) is 36.6 Å². The van der Waals surface area contributed by atoms with Gasteiger partial charge in [0.2, 0.25) is 17.7 Å². The van der Waals surface area contributed by atoms with Crippen molar-refractivity contribution in [2.75, 3.05) is 23.9 Å². The molecule has 176 valence electrons. The number of fused-ring (bicyclic) bond motifs is 7. The summed E-state index contributed by atoms with van der Waals surface area (Å²) in [7, 11) is 1.25. The van der Waals surface area contributed by atoms with Gasteiger partial charge in [-0.1, -0.05) is 0 Å². The predicted molar refractivity (Wildman–Crippen MR) is 121 cm³/mol. The molecule has 10 heteroatoms. The maximum Gasteiger partial charge on any atom is 0.341 e.